The molecule has 0 bridgehead atoms. The summed E-state index contributed by atoms with van der Waals surface area (Å²) in [6.45, 7) is 0. The molecule has 0 aliphatic carbocycles. The van der Waals surface area contributed by atoms with Gasteiger partial charge in [-0.25, -0.2) is 4.79 Å². The molecular weight excluding hydrogens is 294 g/mol. The zero-order chi connectivity index (χ0) is 15.8. The van der Waals surface area contributed by atoms with Crippen LogP contribution in [0.1, 0.15) is 23.7 Å². The fraction of sp³-hybridized carbons (Fsp3) is 0.111. The second-order valence-electron chi connectivity index (χ2n) is 5.42. The monoisotopic (exact) mass is 307 g/mol. The Morgan fingerprint density at radius 2 is 1.96 bits per heavy atom. The Labute approximate surface area is 131 Å². The van der Waals surface area contributed by atoms with Crippen LogP contribution >= 0.6 is 0 Å². The summed E-state index contributed by atoms with van der Waals surface area (Å²) >= 11 is 0. The van der Waals surface area contributed by atoms with Crippen LogP contribution < -0.4 is 5.63 Å². The number of oxime groups is 1. The van der Waals surface area contributed by atoms with Crippen molar-refractivity contribution in [2.45, 2.75) is 12.5 Å². The lowest BCUT2D eigenvalue weighted by Gasteiger charge is -2.08. The highest BCUT2D eigenvalue weighted by Gasteiger charge is 2.26. The molecule has 23 heavy (non-hydrogen) atoms. The molecule has 1 aliphatic rings. The Balaban J connectivity index is 1.67. The van der Waals surface area contributed by atoms with Gasteiger partial charge in [0.05, 0.1) is 11.3 Å². The first-order valence-corrected chi connectivity index (χ1v) is 7.25. The number of phenols is 1. The maximum absolute atomic E-state index is 12.2. The fourth-order valence-corrected chi connectivity index (χ4v) is 2.70. The highest BCUT2D eigenvalue weighted by molar-refractivity contribution is 6.02. The average Bonchev–Trinajstić information content (AvgIpc) is 3.04. The van der Waals surface area contributed by atoms with Crippen LogP contribution in [0, 0.1) is 0 Å². The number of hydrogen-bond donors (Lipinski definition) is 1. The van der Waals surface area contributed by atoms with Crippen molar-refractivity contribution in [1.29, 1.82) is 0 Å². The molecule has 0 saturated heterocycles. The van der Waals surface area contributed by atoms with Crippen LogP contribution in [0.15, 0.2) is 69.0 Å². The number of rotatable bonds is 2. The Bertz CT molecular complexity index is 974. The molecule has 0 saturated carbocycles. The number of nitrogens with zero attached hydrogens (tertiary/aromatic N) is 1. The number of benzene rings is 2. The average molecular weight is 307 g/mol. The standard InChI is InChI=1S/C18H13NO4/c20-13-6-3-5-11(8-13)17-10-15(19-23-17)14-9-12-4-1-2-7-16(12)22-18(14)21/h1-9,17,20H,10H2/t17-/m1/s1. The van der Waals surface area contributed by atoms with E-state index in [-0.39, 0.29) is 11.9 Å². The molecule has 0 unspecified atom stereocenters. The molecule has 5 nitrogen and oxygen atoms in total. The van der Waals surface area contributed by atoms with Crippen LogP contribution in [0.4, 0.5) is 0 Å². The van der Waals surface area contributed by atoms with Crippen LogP contribution in [0.5, 0.6) is 5.75 Å². The third kappa shape index (κ3) is 2.46. The van der Waals surface area contributed by atoms with Crippen molar-refractivity contribution in [2.24, 2.45) is 5.16 Å². The molecule has 5 heteroatoms. The Morgan fingerprint density at radius 1 is 1.09 bits per heavy atom. The van der Waals surface area contributed by atoms with Crippen LogP contribution in [0.2, 0.25) is 0 Å². The van der Waals surface area contributed by atoms with Gasteiger partial charge in [0, 0.05) is 11.8 Å². The lowest BCUT2D eigenvalue weighted by Crippen LogP contribution is -2.13. The van der Waals surface area contributed by atoms with E-state index in [0.29, 0.717) is 23.3 Å². The van der Waals surface area contributed by atoms with E-state index >= 15 is 0 Å². The summed E-state index contributed by atoms with van der Waals surface area (Å²) in [7, 11) is 0. The first kappa shape index (κ1) is 13.6. The van der Waals surface area contributed by atoms with Crippen LogP contribution in [0.25, 0.3) is 11.0 Å². The SMILES string of the molecule is O=c1oc2ccccc2cc1C1=NO[C@@H](c2cccc(O)c2)C1. The zero-order valence-corrected chi connectivity index (χ0v) is 12.1. The van der Waals surface area contributed by atoms with Crippen molar-refractivity contribution in [3.05, 3.63) is 76.1 Å². The summed E-state index contributed by atoms with van der Waals surface area (Å²) in [5, 5.41) is 14.4. The van der Waals surface area contributed by atoms with Gasteiger partial charge in [-0.05, 0) is 29.8 Å². The van der Waals surface area contributed by atoms with E-state index in [2.05, 4.69) is 5.16 Å². The highest BCUT2D eigenvalue weighted by Crippen LogP contribution is 2.30. The topological polar surface area (TPSA) is 72.0 Å². The largest absolute Gasteiger partial charge is 0.508 e. The Hall–Kier alpha value is -3.08. The summed E-state index contributed by atoms with van der Waals surface area (Å²) in [5.41, 5.74) is 1.89. The van der Waals surface area contributed by atoms with E-state index in [9.17, 15) is 9.90 Å². The first-order chi connectivity index (χ1) is 11.2. The number of hydrogen-bond acceptors (Lipinski definition) is 5. The van der Waals surface area contributed by atoms with Crippen molar-refractivity contribution in [1.82, 2.24) is 0 Å². The second kappa shape index (κ2) is 5.28. The maximum atomic E-state index is 12.2. The second-order valence-corrected chi connectivity index (χ2v) is 5.42. The van der Waals surface area contributed by atoms with Gasteiger partial charge < -0.3 is 14.4 Å². The molecule has 1 aliphatic heterocycles. The molecule has 1 aromatic heterocycles. The van der Waals surface area contributed by atoms with E-state index in [4.69, 9.17) is 9.25 Å². The van der Waals surface area contributed by atoms with Gasteiger partial charge in [0.15, 0.2) is 6.10 Å². The van der Waals surface area contributed by atoms with Crippen molar-refractivity contribution >= 4 is 16.7 Å². The third-order valence-electron chi connectivity index (χ3n) is 3.86. The maximum Gasteiger partial charge on any atom is 0.345 e. The highest BCUT2D eigenvalue weighted by atomic mass is 16.6. The summed E-state index contributed by atoms with van der Waals surface area (Å²) in [5.74, 6) is 0.171. The molecule has 3 aromatic rings. The van der Waals surface area contributed by atoms with Gasteiger partial charge >= 0.3 is 5.63 Å². The number of fused-ring (bicyclic) bond motifs is 1. The van der Waals surface area contributed by atoms with Gasteiger partial charge in [-0.3, -0.25) is 0 Å². The van der Waals surface area contributed by atoms with Gasteiger partial charge in [-0.1, -0.05) is 35.5 Å². The molecule has 1 N–H and O–H groups in total. The van der Waals surface area contributed by atoms with E-state index in [1.54, 1.807) is 30.3 Å². The molecule has 0 spiro atoms. The van der Waals surface area contributed by atoms with E-state index in [0.717, 1.165) is 10.9 Å². The Kier molecular flexibility index (Phi) is 3.12. The first-order valence-electron chi connectivity index (χ1n) is 7.25. The minimum atomic E-state index is -0.428. The Morgan fingerprint density at radius 3 is 2.83 bits per heavy atom. The van der Waals surface area contributed by atoms with Crippen molar-refractivity contribution in [2.75, 3.05) is 0 Å². The lowest BCUT2D eigenvalue weighted by atomic mass is 10.0. The summed E-state index contributed by atoms with van der Waals surface area (Å²) in [6, 6.07) is 15.9. The van der Waals surface area contributed by atoms with Crippen molar-refractivity contribution in [3.63, 3.8) is 0 Å². The summed E-state index contributed by atoms with van der Waals surface area (Å²) in [4.78, 5) is 17.6. The number of para-hydroxylation sites is 1. The molecule has 0 amide bonds. The predicted octanol–water partition coefficient (Wildman–Crippen LogP) is 3.36. The van der Waals surface area contributed by atoms with Gasteiger partial charge in [-0.15, -0.1) is 0 Å². The van der Waals surface area contributed by atoms with E-state index in [1.807, 2.05) is 24.3 Å². The molecular formula is C18H13NO4. The molecule has 1 atom stereocenters. The van der Waals surface area contributed by atoms with E-state index < -0.39 is 5.63 Å². The fourth-order valence-electron chi connectivity index (χ4n) is 2.70. The minimum Gasteiger partial charge on any atom is -0.508 e. The number of phenolic OH excluding ortho intramolecular Hbond substituents is 1. The van der Waals surface area contributed by atoms with Crippen LogP contribution in [-0.4, -0.2) is 10.8 Å². The third-order valence-corrected chi connectivity index (χ3v) is 3.86. The molecule has 2 heterocycles. The minimum absolute atomic E-state index is 0.171. The normalized spacial score (nSPS) is 17.0. The van der Waals surface area contributed by atoms with Gasteiger partial charge in [0.2, 0.25) is 0 Å². The van der Waals surface area contributed by atoms with Gasteiger partial charge in [0.1, 0.15) is 11.3 Å². The van der Waals surface area contributed by atoms with Gasteiger partial charge in [0.25, 0.3) is 0 Å². The molecule has 114 valence electrons. The van der Waals surface area contributed by atoms with Crippen molar-refractivity contribution < 1.29 is 14.4 Å². The van der Waals surface area contributed by atoms with Gasteiger partial charge in [-0.2, -0.15) is 0 Å². The van der Waals surface area contributed by atoms with Crippen molar-refractivity contribution in [3.8, 4) is 5.75 Å². The van der Waals surface area contributed by atoms with Crippen LogP contribution in [-0.2, 0) is 4.84 Å². The summed E-state index contributed by atoms with van der Waals surface area (Å²) < 4.78 is 5.33. The molecule has 4 rings (SSSR count). The zero-order valence-electron chi connectivity index (χ0n) is 12.1. The predicted molar refractivity (Wildman–Crippen MR) is 85.6 cm³/mol. The summed E-state index contributed by atoms with van der Waals surface area (Å²) in [6.07, 6.45) is 0.134. The number of aromatic hydroxyl groups is 1. The molecule has 2 aromatic carbocycles. The smallest absolute Gasteiger partial charge is 0.345 e. The quantitative estimate of drug-likeness (QED) is 0.737. The molecule has 0 radical (unpaired) electrons. The van der Waals surface area contributed by atoms with E-state index in [1.165, 1.54) is 0 Å². The lowest BCUT2D eigenvalue weighted by molar-refractivity contribution is 0.0856. The molecule has 0 fully saturated rings. The van der Waals surface area contributed by atoms with Crippen LogP contribution in [0.3, 0.4) is 0 Å².